The molecule has 2 rings (SSSR count). The molecule has 1 atom stereocenters. The van der Waals surface area contributed by atoms with Gasteiger partial charge in [0.05, 0.1) is 5.75 Å². The summed E-state index contributed by atoms with van der Waals surface area (Å²) in [5.74, 6) is 0.384. The second-order valence-corrected chi connectivity index (χ2v) is 5.21. The third-order valence-corrected chi connectivity index (χ3v) is 3.96. The number of hydrogen-bond acceptors (Lipinski definition) is 4. The minimum atomic E-state index is -3.21. The maximum Gasteiger partial charge on any atom is 0.185 e. The molecule has 0 spiro atoms. The average molecular weight is 250 g/mol. The summed E-state index contributed by atoms with van der Waals surface area (Å²) in [5, 5.41) is 0. The number of rotatable bonds is 1. The van der Waals surface area contributed by atoms with Crippen molar-refractivity contribution < 1.29 is 13.2 Å². The van der Waals surface area contributed by atoms with Crippen LogP contribution in [0.3, 0.4) is 0 Å². The van der Waals surface area contributed by atoms with Crippen molar-refractivity contribution in [2.45, 2.75) is 11.0 Å². The summed E-state index contributed by atoms with van der Waals surface area (Å²) in [7, 11) is -3.21. The van der Waals surface area contributed by atoms with Gasteiger partial charge in [0.1, 0.15) is 16.7 Å². The van der Waals surface area contributed by atoms with Crippen LogP contribution in [0.15, 0.2) is 29.2 Å². The second kappa shape index (κ2) is 4.38. The summed E-state index contributed by atoms with van der Waals surface area (Å²) in [6.07, 6.45) is -0.421. The molecule has 15 heavy (non-hydrogen) atoms. The Morgan fingerprint density at radius 3 is 2.73 bits per heavy atom. The van der Waals surface area contributed by atoms with Crippen molar-refractivity contribution >= 4 is 22.2 Å². The van der Waals surface area contributed by atoms with Crippen molar-refractivity contribution in [1.29, 1.82) is 0 Å². The van der Waals surface area contributed by atoms with Gasteiger partial charge in [-0.1, -0.05) is 12.1 Å². The SMILES string of the molecule is Cl.NCC1CS(=O)(=O)c2ccccc2O1. The van der Waals surface area contributed by atoms with Gasteiger partial charge in [-0.3, -0.25) is 0 Å². The lowest BCUT2D eigenvalue weighted by molar-refractivity contribution is 0.218. The van der Waals surface area contributed by atoms with Crippen LogP contribution in [-0.2, 0) is 9.84 Å². The molecule has 0 saturated heterocycles. The number of hydrogen-bond donors (Lipinski definition) is 1. The molecule has 1 aromatic rings. The van der Waals surface area contributed by atoms with Crippen molar-refractivity contribution in [2.24, 2.45) is 5.73 Å². The molecule has 6 heteroatoms. The van der Waals surface area contributed by atoms with Crippen LogP contribution >= 0.6 is 12.4 Å². The van der Waals surface area contributed by atoms with E-state index in [9.17, 15) is 8.42 Å². The molecule has 0 fully saturated rings. The van der Waals surface area contributed by atoms with Crippen molar-refractivity contribution in [3.8, 4) is 5.75 Å². The van der Waals surface area contributed by atoms with Gasteiger partial charge in [0.15, 0.2) is 9.84 Å². The van der Waals surface area contributed by atoms with Gasteiger partial charge in [-0.15, -0.1) is 12.4 Å². The lowest BCUT2D eigenvalue weighted by atomic mass is 10.3. The molecule has 1 aliphatic heterocycles. The molecule has 84 valence electrons. The summed E-state index contributed by atoms with van der Waals surface area (Å²) < 4.78 is 28.8. The molecule has 1 aliphatic rings. The van der Waals surface area contributed by atoms with Crippen LogP contribution in [0, 0.1) is 0 Å². The Labute approximate surface area is 94.8 Å². The molecule has 0 bridgehead atoms. The van der Waals surface area contributed by atoms with Gasteiger partial charge in [-0.25, -0.2) is 8.42 Å². The van der Waals surface area contributed by atoms with E-state index in [0.29, 0.717) is 5.75 Å². The van der Waals surface area contributed by atoms with E-state index in [1.807, 2.05) is 0 Å². The largest absolute Gasteiger partial charge is 0.487 e. The van der Waals surface area contributed by atoms with Crippen LogP contribution < -0.4 is 10.5 Å². The first-order valence-corrected chi connectivity index (χ1v) is 5.97. The number of nitrogens with two attached hydrogens (primary N) is 1. The molecular weight excluding hydrogens is 238 g/mol. The standard InChI is InChI=1S/C9H11NO3S.ClH/c10-5-7-6-14(11,12)9-4-2-1-3-8(9)13-7;/h1-4,7H,5-6,10H2;1H. The van der Waals surface area contributed by atoms with E-state index in [1.54, 1.807) is 24.3 Å². The fourth-order valence-corrected chi connectivity index (χ4v) is 3.05. The number of ether oxygens (including phenoxy) is 1. The van der Waals surface area contributed by atoms with Gasteiger partial charge < -0.3 is 10.5 Å². The fourth-order valence-electron chi connectivity index (χ4n) is 1.47. The van der Waals surface area contributed by atoms with Crippen LogP contribution in [0.1, 0.15) is 0 Å². The molecule has 0 aromatic heterocycles. The molecule has 0 amide bonds. The molecule has 1 heterocycles. The van der Waals surface area contributed by atoms with Gasteiger partial charge in [-0.05, 0) is 12.1 Å². The smallest absolute Gasteiger partial charge is 0.185 e. The molecule has 0 radical (unpaired) electrons. The maximum absolute atomic E-state index is 11.7. The monoisotopic (exact) mass is 249 g/mol. The van der Waals surface area contributed by atoms with Crippen molar-refractivity contribution in [3.63, 3.8) is 0 Å². The summed E-state index contributed by atoms with van der Waals surface area (Å²) >= 11 is 0. The van der Waals surface area contributed by atoms with E-state index in [4.69, 9.17) is 10.5 Å². The first-order valence-electron chi connectivity index (χ1n) is 4.32. The van der Waals surface area contributed by atoms with Gasteiger partial charge >= 0.3 is 0 Å². The number of sulfone groups is 1. The third-order valence-electron chi connectivity index (χ3n) is 2.15. The van der Waals surface area contributed by atoms with Gasteiger partial charge in [0.2, 0.25) is 0 Å². The maximum atomic E-state index is 11.7. The zero-order valence-electron chi connectivity index (χ0n) is 7.92. The van der Waals surface area contributed by atoms with Crippen LogP contribution in [0.5, 0.6) is 5.75 Å². The van der Waals surface area contributed by atoms with E-state index in [1.165, 1.54) is 0 Å². The molecule has 1 aromatic carbocycles. The van der Waals surface area contributed by atoms with Crippen LogP contribution in [-0.4, -0.2) is 26.8 Å². The highest BCUT2D eigenvalue weighted by Crippen LogP contribution is 2.29. The zero-order chi connectivity index (χ0) is 10.2. The van der Waals surface area contributed by atoms with Crippen LogP contribution in [0.2, 0.25) is 0 Å². The normalized spacial score (nSPS) is 22.1. The van der Waals surface area contributed by atoms with Gasteiger partial charge in [0.25, 0.3) is 0 Å². The Kier molecular flexibility index (Phi) is 3.59. The summed E-state index contributed by atoms with van der Waals surface area (Å²) in [5.41, 5.74) is 5.39. The summed E-state index contributed by atoms with van der Waals surface area (Å²) in [4.78, 5) is 0.268. The highest BCUT2D eigenvalue weighted by atomic mass is 35.5. The first-order chi connectivity index (χ1) is 6.63. The molecule has 0 saturated carbocycles. The quantitative estimate of drug-likeness (QED) is 0.792. The zero-order valence-corrected chi connectivity index (χ0v) is 9.55. The predicted octanol–water partition coefficient (Wildman–Crippen LogP) is 0.602. The number of halogens is 1. The second-order valence-electron chi connectivity index (χ2n) is 3.20. The summed E-state index contributed by atoms with van der Waals surface area (Å²) in [6, 6.07) is 6.63. The van der Waals surface area contributed by atoms with Crippen LogP contribution in [0.4, 0.5) is 0 Å². The first kappa shape index (κ1) is 12.3. The van der Waals surface area contributed by atoms with E-state index >= 15 is 0 Å². The van der Waals surface area contributed by atoms with E-state index in [2.05, 4.69) is 0 Å². The van der Waals surface area contributed by atoms with Crippen LogP contribution in [0.25, 0.3) is 0 Å². The molecule has 2 N–H and O–H groups in total. The van der Waals surface area contributed by atoms with Crippen molar-refractivity contribution in [2.75, 3.05) is 12.3 Å². The van der Waals surface area contributed by atoms with Gasteiger partial charge in [0, 0.05) is 6.54 Å². The topological polar surface area (TPSA) is 69.4 Å². The molecule has 1 unspecified atom stereocenters. The third kappa shape index (κ3) is 2.25. The molecular formula is C9H12ClNO3S. The van der Waals surface area contributed by atoms with Crippen molar-refractivity contribution in [1.82, 2.24) is 0 Å². The Morgan fingerprint density at radius 2 is 2.07 bits per heavy atom. The Bertz CT molecular complexity index is 446. The predicted molar refractivity (Wildman–Crippen MR) is 59.2 cm³/mol. The highest BCUT2D eigenvalue weighted by molar-refractivity contribution is 7.91. The van der Waals surface area contributed by atoms with Gasteiger partial charge in [-0.2, -0.15) is 0 Å². The Hall–Kier alpha value is -0.780. The summed E-state index contributed by atoms with van der Waals surface area (Å²) in [6.45, 7) is 0.216. The fraction of sp³-hybridized carbons (Fsp3) is 0.333. The minimum absolute atomic E-state index is 0. The van der Waals surface area contributed by atoms with E-state index in [0.717, 1.165) is 0 Å². The Balaban J connectivity index is 0.00000112. The highest BCUT2D eigenvalue weighted by Gasteiger charge is 2.30. The molecule has 4 nitrogen and oxygen atoms in total. The lowest BCUT2D eigenvalue weighted by Gasteiger charge is -2.24. The lowest BCUT2D eigenvalue weighted by Crippen LogP contribution is -2.37. The molecule has 0 aliphatic carbocycles. The number of para-hydroxylation sites is 1. The van der Waals surface area contributed by atoms with E-state index < -0.39 is 15.9 Å². The van der Waals surface area contributed by atoms with Crippen molar-refractivity contribution in [3.05, 3.63) is 24.3 Å². The number of fused-ring (bicyclic) bond motifs is 1. The average Bonchev–Trinajstić information content (AvgIpc) is 2.17. The minimum Gasteiger partial charge on any atom is -0.487 e. The number of benzene rings is 1. The van der Waals surface area contributed by atoms with E-state index in [-0.39, 0.29) is 29.6 Å². The Morgan fingerprint density at radius 1 is 1.40 bits per heavy atom.